The molecule has 0 saturated heterocycles. The number of aromatic nitrogens is 2. The number of nitriles is 1. The second-order valence-electron chi connectivity index (χ2n) is 13.3. The van der Waals surface area contributed by atoms with Gasteiger partial charge in [0.1, 0.15) is 5.69 Å². The maximum Gasteiger partial charge on any atom is 0.295 e. The molecular weight excluding hydrogens is 571 g/mol. The molecule has 1 aromatic heterocycles. The Kier molecular flexibility index (Phi) is 7.74. The molecule has 0 N–H and O–H groups in total. The van der Waals surface area contributed by atoms with Crippen LogP contribution in [0.1, 0.15) is 61.8 Å². The average molecular weight is 611 g/mol. The van der Waals surface area contributed by atoms with Crippen molar-refractivity contribution < 1.29 is 4.57 Å². The van der Waals surface area contributed by atoms with E-state index in [1.165, 1.54) is 61.0 Å². The summed E-state index contributed by atoms with van der Waals surface area (Å²) in [7, 11) is 2.16. The molecule has 47 heavy (non-hydrogen) atoms. The van der Waals surface area contributed by atoms with Crippen LogP contribution in [-0.2, 0) is 7.05 Å². The van der Waals surface area contributed by atoms with Gasteiger partial charge in [-0.25, -0.2) is 4.57 Å². The molecule has 0 aliphatic heterocycles. The molecule has 0 spiro atoms. The Morgan fingerprint density at radius 3 is 1.87 bits per heavy atom. The van der Waals surface area contributed by atoms with Gasteiger partial charge in [0.15, 0.2) is 11.0 Å². The number of benzene rings is 6. The predicted octanol–water partition coefficient (Wildman–Crippen LogP) is 11.0. The lowest BCUT2D eigenvalue weighted by Gasteiger charge is -2.21. The summed E-state index contributed by atoms with van der Waals surface area (Å²) in [6.07, 6.45) is 0. The topological polar surface area (TPSA) is 32.6 Å². The molecule has 3 nitrogen and oxygen atoms in total. The third kappa shape index (κ3) is 5.21. The van der Waals surface area contributed by atoms with E-state index in [-0.39, 0.29) is 11.8 Å². The van der Waals surface area contributed by atoms with Crippen molar-refractivity contribution >= 4 is 21.8 Å². The SMILES string of the molecule is Cc1ccc2ccccc2c1-c1n(-c2c(C(C)C)cc(-c3ccc(-c4ccccc4)cc3)cc2C(C)C)c2cc(C#N)ccc2[n+]1C. The predicted molar refractivity (Wildman–Crippen MR) is 196 cm³/mol. The van der Waals surface area contributed by atoms with Crippen LogP contribution in [0.15, 0.2) is 121 Å². The molecule has 0 aliphatic rings. The Balaban J connectivity index is 1.55. The van der Waals surface area contributed by atoms with Gasteiger partial charge in [-0.2, -0.15) is 9.83 Å². The smallest absolute Gasteiger partial charge is 0.225 e. The molecule has 0 bridgehead atoms. The van der Waals surface area contributed by atoms with E-state index in [0.717, 1.165) is 16.9 Å². The Bertz CT molecular complexity index is 2290. The highest BCUT2D eigenvalue weighted by Crippen LogP contribution is 2.41. The maximum absolute atomic E-state index is 10.0. The summed E-state index contributed by atoms with van der Waals surface area (Å²) in [4.78, 5) is 0. The molecule has 0 radical (unpaired) electrons. The van der Waals surface area contributed by atoms with Crippen LogP contribution in [0.3, 0.4) is 0 Å². The van der Waals surface area contributed by atoms with Crippen LogP contribution in [0.25, 0.3) is 61.1 Å². The van der Waals surface area contributed by atoms with Gasteiger partial charge < -0.3 is 0 Å². The summed E-state index contributed by atoms with van der Waals surface area (Å²) in [5.41, 5.74) is 13.9. The Hall–Kier alpha value is -5.46. The van der Waals surface area contributed by atoms with Gasteiger partial charge in [-0.1, -0.05) is 119 Å². The van der Waals surface area contributed by atoms with E-state index in [1.807, 2.05) is 6.07 Å². The molecule has 0 saturated carbocycles. The van der Waals surface area contributed by atoms with Crippen LogP contribution in [-0.4, -0.2) is 4.57 Å². The normalized spacial score (nSPS) is 11.6. The van der Waals surface area contributed by atoms with E-state index >= 15 is 0 Å². The van der Waals surface area contributed by atoms with Crippen molar-refractivity contribution in [2.24, 2.45) is 7.05 Å². The van der Waals surface area contributed by atoms with Gasteiger partial charge in [0, 0.05) is 17.2 Å². The first-order valence-electron chi connectivity index (χ1n) is 16.5. The van der Waals surface area contributed by atoms with Crippen molar-refractivity contribution in [1.82, 2.24) is 4.57 Å². The van der Waals surface area contributed by atoms with E-state index in [0.29, 0.717) is 5.56 Å². The van der Waals surface area contributed by atoms with Gasteiger partial charge in [-0.05, 0) is 81.6 Å². The van der Waals surface area contributed by atoms with Crippen LogP contribution >= 0.6 is 0 Å². The Morgan fingerprint density at radius 2 is 1.23 bits per heavy atom. The van der Waals surface area contributed by atoms with Crippen molar-refractivity contribution in [2.45, 2.75) is 46.5 Å². The molecule has 6 aromatic carbocycles. The van der Waals surface area contributed by atoms with Crippen molar-refractivity contribution in [1.29, 1.82) is 5.26 Å². The zero-order valence-electron chi connectivity index (χ0n) is 28.0. The first-order chi connectivity index (χ1) is 22.8. The zero-order valence-corrected chi connectivity index (χ0v) is 28.0. The lowest BCUT2D eigenvalue weighted by Crippen LogP contribution is -2.30. The molecule has 7 aromatic rings. The first-order valence-corrected chi connectivity index (χ1v) is 16.5. The quantitative estimate of drug-likeness (QED) is 0.172. The number of hydrogen-bond donors (Lipinski definition) is 0. The van der Waals surface area contributed by atoms with Crippen molar-refractivity contribution in [2.75, 3.05) is 0 Å². The van der Waals surface area contributed by atoms with Crippen LogP contribution < -0.4 is 4.57 Å². The van der Waals surface area contributed by atoms with Crippen LogP contribution in [0.2, 0.25) is 0 Å². The van der Waals surface area contributed by atoms with Gasteiger partial charge in [-0.15, -0.1) is 0 Å². The van der Waals surface area contributed by atoms with E-state index in [9.17, 15) is 5.26 Å². The molecule has 230 valence electrons. The van der Waals surface area contributed by atoms with Crippen LogP contribution in [0.4, 0.5) is 0 Å². The minimum atomic E-state index is 0.259. The summed E-state index contributed by atoms with van der Waals surface area (Å²) in [6.45, 7) is 11.4. The summed E-state index contributed by atoms with van der Waals surface area (Å²) < 4.78 is 4.77. The molecular formula is C44H40N3+. The number of fused-ring (bicyclic) bond motifs is 2. The van der Waals surface area contributed by atoms with Crippen LogP contribution in [0.5, 0.6) is 0 Å². The molecule has 7 rings (SSSR count). The second-order valence-corrected chi connectivity index (χ2v) is 13.3. The molecule has 0 unspecified atom stereocenters. The Labute approximate surface area is 278 Å². The third-order valence-electron chi connectivity index (χ3n) is 9.56. The largest absolute Gasteiger partial charge is 0.295 e. The van der Waals surface area contributed by atoms with Crippen molar-refractivity contribution in [3.05, 3.63) is 144 Å². The molecule has 0 aliphatic carbocycles. The van der Waals surface area contributed by atoms with Gasteiger partial charge in [-0.3, -0.25) is 0 Å². The van der Waals surface area contributed by atoms with Gasteiger partial charge in [0.2, 0.25) is 0 Å². The zero-order chi connectivity index (χ0) is 32.8. The van der Waals surface area contributed by atoms with E-state index in [2.05, 4.69) is 172 Å². The molecule has 1 heterocycles. The lowest BCUT2D eigenvalue weighted by molar-refractivity contribution is -0.633. The monoisotopic (exact) mass is 610 g/mol. The van der Waals surface area contributed by atoms with E-state index in [1.54, 1.807) is 0 Å². The summed E-state index contributed by atoms with van der Waals surface area (Å²) in [5.74, 6) is 1.64. The maximum atomic E-state index is 10.0. The highest BCUT2D eigenvalue weighted by atomic mass is 15.2. The second kappa shape index (κ2) is 12.0. The molecule has 0 atom stereocenters. The minimum absolute atomic E-state index is 0.259. The van der Waals surface area contributed by atoms with E-state index in [4.69, 9.17) is 0 Å². The van der Waals surface area contributed by atoms with Gasteiger partial charge in [0.25, 0.3) is 5.82 Å². The lowest BCUT2D eigenvalue weighted by atomic mass is 9.87. The van der Waals surface area contributed by atoms with E-state index < -0.39 is 0 Å². The first kappa shape index (κ1) is 30.2. The minimum Gasteiger partial charge on any atom is -0.225 e. The standard InChI is InChI=1S/C44H40N3/c1-28(2)38-25-36(34-21-19-33(20-22-34)32-12-8-7-9-13-32)26-39(29(3)4)43(38)47-41-24-31(27-45)17-23-40(41)46(6)44(47)42-30(5)16-18-35-14-10-11-15-37(35)42/h7-26,28-29H,1-6H3/q+1. The fourth-order valence-corrected chi connectivity index (χ4v) is 7.09. The fourth-order valence-electron chi connectivity index (χ4n) is 7.09. The van der Waals surface area contributed by atoms with Crippen LogP contribution in [0, 0.1) is 18.3 Å². The fraction of sp³-hybridized carbons (Fsp3) is 0.182. The molecule has 0 fully saturated rings. The highest BCUT2D eigenvalue weighted by molar-refractivity contribution is 5.98. The number of rotatable bonds is 6. The number of aryl methyl sites for hydroxylation is 2. The number of nitrogens with zero attached hydrogens (tertiary/aromatic N) is 3. The number of imidazole rings is 1. The summed E-state index contributed by atoms with van der Waals surface area (Å²) in [6, 6.07) is 45.9. The van der Waals surface area contributed by atoms with Crippen molar-refractivity contribution in [3.8, 4) is 45.4 Å². The molecule has 3 heteroatoms. The third-order valence-corrected chi connectivity index (χ3v) is 9.56. The molecule has 0 amide bonds. The van der Waals surface area contributed by atoms with Gasteiger partial charge >= 0.3 is 0 Å². The van der Waals surface area contributed by atoms with Gasteiger partial charge in [0.05, 0.1) is 24.2 Å². The number of hydrogen-bond acceptors (Lipinski definition) is 1. The Morgan fingerprint density at radius 1 is 0.638 bits per heavy atom. The summed E-state index contributed by atoms with van der Waals surface area (Å²) >= 11 is 0. The highest BCUT2D eigenvalue weighted by Gasteiger charge is 2.33. The summed E-state index contributed by atoms with van der Waals surface area (Å²) in [5, 5.41) is 12.4. The van der Waals surface area contributed by atoms with Crippen molar-refractivity contribution in [3.63, 3.8) is 0 Å². The average Bonchev–Trinajstić information content (AvgIpc) is 3.38.